The molecular formula is C26H23BrN2O2. The molecule has 3 aromatic rings. The molecule has 0 radical (unpaired) electrons. The van der Waals surface area contributed by atoms with Gasteiger partial charge in [0.05, 0.1) is 7.11 Å². The third-order valence-corrected chi connectivity index (χ3v) is 5.72. The maximum atomic E-state index is 12.6. The van der Waals surface area contributed by atoms with Gasteiger partial charge in [-0.3, -0.25) is 4.79 Å². The molecule has 0 fully saturated rings. The number of carbonyl (C=O) groups excluding carboxylic acids is 1. The number of ether oxygens (including phenoxy) is 1. The monoisotopic (exact) mass is 474 g/mol. The normalized spacial score (nSPS) is 11.0. The lowest BCUT2D eigenvalue weighted by Crippen LogP contribution is -2.13. The summed E-state index contributed by atoms with van der Waals surface area (Å²) in [6, 6.07) is 23.3. The summed E-state index contributed by atoms with van der Waals surface area (Å²) in [5, 5.41) is 12.3. The molecule has 1 amide bonds. The number of hydrogen-bond donors (Lipinski definition) is 1. The third kappa shape index (κ3) is 5.84. The summed E-state index contributed by atoms with van der Waals surface area (Å²) >= 11 is 3.58. The fourth-order valence-corrected chi connectivity index (χ4v) is 3.61. The van der Waals surface area contributed by atoms with Gasteiger partial charge in [-0.25, -0.2) is 0 Å². The van der Waals surface area contributed by atoms with Gasteiger partial charge in [-0.15, -0.1) is 0 Å². The second kappa shape index (κ2) is 10.6. The van der Waals surface area contributed by atoms with Gasteiger partial charge in [0, 0.05) is 16.6 Å². The zero-order valence-corrected chi connectivity index (χ0v) is 19.1. The molecule has 4 nitrogen and oxygen atoms in total. The van der Waals surface area contributed by atoms with Crippen molar-refractivity contribution in [2.24, 2.45) is 0 Å². The predicted octanol–water partition coefficient (Wildman–Crippen LogP) is 6.16. The Hall–Kier alpha value is -3.36. The van der Waals surface area contributed by atoms with Crippen LogP contribution in [0.5, 0.6) is 5.75 Å². The van der Waals surface area contributed by atoms with Gasteiger partial charge < -0.3 is 10.1 Å². The molecule has 0 saturated heterocycles. The van der Waals surface area contributed by atoms with E-state index in [0.29, 0.717) is 17.9 Å². The number of rotatable bonds is 7. The van der Waals surface area contributed by atoms with Gasteiger partial charge in [0.25, 0.3) is 5.91 Å². The van der Waals surface area contributed by atoms with Gasteiger partial charge in [0.1, 0.15) is 17.4 Å². The van der Waals surface area contributed by atoms with Gasteiger partial charge in [-0.1, -0.05) is 65.3 Å². The summed E-state index contributed by atoms with van der Waals surface area (Å²) in [4.78, 5) is 12.6. The Morgan fingerprint density at radius 1 is 1.10 bits per heavy atom. The average Bonchev–Trinajstić information content (AvgIpc) is 2.80. The number of hydrogen-bond acceptors (Lipinski definition) is 3. The molecule has 0 bridgehead atoms. The molecule has 0 heterocycles. The Balaban J connectivity index is 1.80. The summed E-state index contributed by atoms with van der Waals surface area (Å²) in [5.74, 6) is 0.264. The van der Waals surface area contributed by atoms with Crippen LogP contribution >= 0.6 is 15.9 Å². The smallest absolute Gasteiger partial charge is 0.266 e. The van der Waals surface area contributed by atoms with Gasteiger partial charge in [0.2, 0.25) is 0 Å². The molecule has 0 aromatic heterocycles. The lowest BCUT2D eigenvalue weighted by atomic mass is 10.0. The predicted molar refractivity (Wildman–Crippen MR) is 128 cm³/mol. The Kier molecular flexibility index (Phi) is 7.64. The summed E-state index contributed by atoms with van der Waals surface area (Å²) in [5.41, 5.74) is 4.76. The largest absolute Gasteiger partial charge is 0.496 e. The van der Waals surface area contributed by atoms with Crippen molar-refractivity contribution in [2.75, 3.05) is 12.4 Å². The molecule has 0 spiro atoms. The number of nitriles is 1. The van der Waals surface area contributed by atoms with Crippen LogP contribution in [0.2, 0.25) is 0 Å². The fourth-order valence-electron chi connectivity index (χ4n) is 3.18. The van der Waals surface area contributed by atoms with E-state index in [4.69, 9.17) is 4.74 Å². The Bertz CT molecular complexity index is 1140. The number of carbonyl (C=O) groups is 1. The van der Waals surface area contributed by atoms with Gasteiger partial charge >= 0.3 is 0 Å². The molecule has 3 rings (SSSR count). The minimum atomic E-state index is -0.442. The van der Waals surface area contributed by atoms with Crippen LogP contribution in [0.25, 0.3) is 6.08 Å². The first-order valence-electron chi connectivity index (χ1n) is 9.96. The van der Waals surface area contributed by atoms with Crippen molar-refractivity contribution in [3.8, 4) is 11.8 Å². The summed E-state index contributed by atoms with van der Waals surface area (Å²) in [6.45, 7) is 2.07. The van der Waals surface area contributed by atoms with Crippen LogP contribution in [0, 0.1) is 11.3 Å². The van der Waals surface area contributed by atoms with E-state index in [1.165, 1.54) is 5.56 Å². The number of anilines is 1. The SMILES string of the molecule is CCc1ccc(NC(=O)/C(C#N)=C/c2ccc(Cc3ccccc3Br)c(OC)c2)cc1. The Morgan fingerprint density at radius 3 is 2.48 bits per heavy atom. The van der Waals surface area contributed by atoms with Crippen molar-refractivity contribution in [1.82, 2.24) is 0 Å². The van der Waals surface area contributed by atoms with Crippen LogP contribution in [0.1, 0.15) is 29.2 Å². The van der Waals surface area contributed by atoms with Gasteiger partial charge in [-0.05, 0) is 59.0 Å². The van der Waals surface area contributed by atoms with Gasteiger partial charge in [0.15, 0.2) is 0 Å². The molecule has 0 atom stereocenters. The first kappa shape index (κ1) is 22.3. The van der Waals surface area contributed by atoms with Crippen LogP contribution in [-0.2, 0) is 17.6 Å². The highest BCUT2D eigenvalue weighted by atomic mass is 79.9. The standard InChI is InChI=1S/C26H23BrN2O2/c1-3-18-9-12-23(13-10-18)29-26(30)22(17-28)14-19-8-11-21(25(15-19)31-2)16-20-6-4-5-7-24(20)27/h4-15H,3,16H2,1-2H3,(H,29,30)/b22-14+. The maximum Gasteiger partial charge on any atom is 0.266 e. The van der Waals surface area contributed by atoms with Crippen LogP contribution in [0.3, 0.4) is 0 Å². The molecule has 0 aliphatic rings. The highest BCUT2D eigenvalue weighted by Gasteiger charge is 2.12. The van der Waals surface area contributed by atoms with Crippen molar-refractivity contribution >= 4 is 33.6 Å². The summed E-state index contributed by atoms with van der Waals surface area (Å²) < 4.78 is 6.60. The third-order valence-electron chi connectivity index (χ3n) is 4.95. The van der Waals surface area contributed by atoms with Crippen molar-refractivity contribution in [3.05, 3.63) is 99.0 Å². The molecule has 1 N–H and O–H groups in total. The molecule has 156 valence electrons. The minimum Gasteiger partial charge on any atom is -0.496 e. The van der Waals surface area contributed by atoms with Crippen LogP contribution in [0.15, 0.2) is 76.8 Å². The van der Waals surface area contributed by atoms with E-state index >= 15 is 0 Å². The quantitative estimate of drug-likeness (QED) is 0.329. The second-order valence-electron chi connectivity index (χ2n) is 7.01. The Labute approximate surface area is 191 Å². The Morgan fingerprint density at radius 2 is 1.84 bits per heavy atom. The number of benzene rings is 3. The molecule has 0 saturated carbocycles. The topological polar surface area (TPSA) is 62.1 Å². The first-order valence-corrected chi connectivity index (χ1v) is 10.8. The molecular weight excluding hydrogens is 452 g/mol. The number of amides is 1. The second-order valence-corrected chi connectivity index (χ2v) is 7.87. The van der Waals surface area contributed by atoms with E-state index in [0.717, 1.165) is 27.6 Å². The van der Waals surface area contributed by atoms with Crippen LogP contribution < -0.4 is 10.1 Å². The minimum absolute atomic E-state index is 0.0279. The van der Waals surface area contributed by atoms with E-state index in [9.17, 15) is 10.1 Å². The number of aryl methyl sites for hydroxylation is 1. The molecule has 0 aliphatic heterocycles. The molecule has 31 heavy (non-hydrogen) atoms. The number of nitrogens with one attached hydrogen (secondary N) is 1. The highest BCUT2D eigenvalue weighted by Crippen LogP contribution is 2.27. The van der Waals surface area contributed by atoms with Crippen molar-refractivity contribution < 1.29 is 9.53 Å². The number of methoxy groups -OCH3 is 1. The average molecular weight is 475 g/mol. The zero-order chi connectivity index (χ0) is 22.2. The van der Waals surface area contributed by atoms with Crippen molar-refractivity contribution in [3.63, 3.8) is 0 Å². The van der Waals surface area contributed by atoms with E-state index in [-0.39, 0.29) is 5.57 Å². The molecule has 3 aromatic carbocycles. The van der Waals surface area contributed by atoms with E-state index in [2.05, 4.69) is 34.2 Å². The maximum absolute atomic E-state index is 12.6. The summed E-state index contributed by atoms with van der Waals surface area (Å²) in [7, 11) is 1.62. The molecule has 5 heteroatoms. The lowest BCUT2D eigenvalue weighted by molar-refractivity contribution is -0.112. The zero-order valence-electron chi connectivity index (χ0n) is 17.5. The van der Waals surface area contributed by atoms with Crippen molar-refractivity contribution in [1.29, 1.82) is 5.26 Å². The van der Waals surface area contributed by atoms with Crippen LogP contribution in [-0.4, -0.2) is 13.0 Å². The fraction of sp³-hybridized carbons (Fsp3) is 0.154. The number of halogens is 1. The van der Waals surface area contributed by atoms with E-state index in [1.54, 1.807) is 13.2 Å². The summed E-state index contributed by atoms with van der Waals surface area (Å²) in [6.07, 6.45) is 3.20. The molecule has 0 unspecified atom stereocenters. The van der Waals surface area contributed by atoms with E-state index in [1.807, 2.05) is 66.7 Å². The lowest BCUT2D eigenvalue weighted by Gasteiger charge is -2.11. The first-order chi connectivity index (χ1) is 15.0. The van der Waals surface area contributed by atoms with Crippen LogP contribution in [0.4, 0.5) is 5.69 Å². The highest BCUT2D eigenvalue weighted by molar-refractivity contribution is 9.10. The van der Waals surface area contributed by atoms with Gasteiger partial charge in [-0.2, -0.15) is 5.26 Å². The van der Waals surface area contributed by atoms with E-state index < -0.39 is 5.91 Å². The molecule has 0 aliphatic carbocycles. The van der Waals surface area contributed by atoms with Crippen molar-refractivity contribution in [2.45, 2.75) is 19.8 Å². The number of nitrogens with zero attached hydrogens (tertiary/aromatic N) is 1.